The molecule has 1 amide bonds. The van der Waals surface area contributed by atoms with E-state index in [1.807, 2.05) is 12.1 Å². The maximum Gasteiger partial charge on any atom is 0.327 e. The third-order valence-electron chi connectivity index (χ3n) is 6.93. The van der Waals surface area contributed by atoms with Crippen LogP contribution in [0.3, 0.4) is 0 Å². The van der Waals surface area contributed by atoms with E-state index in [1.54, 1.807) is 29.1 Å². The summed E-state index contributed by atoms with van der Waals surface area (Å²) in [6.07, 6.45) is 5.00. The van der Waals surface area contributed by atoms with E-state index < -0.39 is 11.6 Å². The highest BCUT2D eigenvalue weighted by atomic mass is 19.2. The summed E-state index contributed by atoms with van der Waals surface area (Å²) in [5.41, 5.74) is 2.30. The van der Waals surface area contributed by atoms with Crippen molar-refractivity contribution >= 4 is 28.6 Å². The third kappa shape index (κ3) is 3.56. The number of piperidine rings is 1. The smallest absolute Gasteiger partial charge is 0.327 e. The Bertz CT molecular complexity index is 1510. The molecule has 0 atom stereocenters. The van der Waals surface area contributed by atoms with E-state index in [0.717, 1.165) is 24.4 Å². The summed E-state index contributed by atoms with van der Waals surface area (Å²) in [5, 5.41) is 0. The molecule has 1 N–H and O–H groups in total. The van der Waals surface area contributed by atoms with Crippen LogP contribution in [0.5, 0.6) is 0 Å². The van der Waals surface area contributed by atoms with Crippen molar-refractivity contribution in [3.05, 3.63) is 82.0 Å². The van der Waals surface area contributed by atoms with Gasteiger partial charge in [-0.2, -0.15) is 0 Å². The Kier molecular flexibility index (Phi) is 5.09. The Morgan fingerprint density at radius 2 is 1.86 bits per heavy atom. The lowest BCUT2D eigenvalue weighted by Gasteiger charge is -2.33. The number of carbonyl (C=O) groups excluding carboxylic acids is 1. The van der Waals surface area contributed by atoms with Crippen LogP contribution in [0.25, 0.3) is 11.2 Å². The fraction of sp³-hybridized carbons (Fsp3) is 0.280. The number of nitrogens with one attached hydrogen (secondary N) is 1. The second kappa shape index (κ2) is 8.30. The Labute approximate surface area is 198 Å². The van der Waals surface area contributed by atoms with Gasteiger partial charge in [-0.15, -0.1) is 0 Å². The van der Waals surface area contributed by atoms with Crippen LogP contribution in [0, 0.1) is 11.6 Å². The zero-order chi connectivity index (χ0) is 24.1. The molecule has 178 valence electrons. The van der Waals surface area contributed by atoms with Crippen molar-refractivity contribution in [2.45, 2.75) is 25.3 Å². The minimum Gasteiger partial charge on any atom is -0.356 e. The quantitative estimate of drug-likeness (QED) is 0.490. The number of pyridine rings is 2. The highest BCUT2D eigenvalue weighted by Gasteiger charge is 2.30. The highest BCUT2D eigenvalue weighted by molar-refractivity contribution is 6.07. The first-order valence-electron chi connectivity index (χ1n) is 11.6. The maximum atomic E-state index is 14.1. The van der Waals surface area contributed by atoms with Crippen LogP contribution in [-0.2, 0) is 6.42 Å². The molecule has 0 saturated carbocycles. The van der Waals surface area contributed by atoms with Gasteiger partial charge in [0, 0.05) is 49.2 Å². The van der Waals surface area contributed by atoms with Crippen molar-refractivity contribution in [2.75, 3.05) is 29.4 Å². The molecule has 0 aliphatic carbocycles. The average molecular weight is 476 g/mol. The fourth-order valence-electron chi connectivity index (χ4n) is 5.18. The molecule has 8 nitrogen and oxygen atoms in total. The number of nitrogens with zero attached hydrogens (tertiary/aromatic N) is 5. The van der Waals surface area contributed by atoms with Gasteiger partial charge in [-0.05, 0) is 55.7 Å². The number of imidazole rings is 1. The fourth-order valence-corrected chi connectivity index (χ4v) is 5.18. The number of anilines is 2. The molecule has 6 rings (SSSR count). The van der Waals surface area contributed by atoms with Crippen molar-refractivity contribution in [1.29, 1.82) is 0 Å². The molecule has 10 heteroatoms. The predicted octanol–water partition coefficient (Wildman–Crippen LogP) is 3.44. The normalized spacial score (nSPS) is 16.2. The first kappa shape index (κ1) is 21.5. The average Bonchev–Trinajstić information content (AvgIpc) is 3.47. The largest absolute Gasteiger partial charge is 0.356 e. The van der Waals surface area contributed by atoms with Gasteiger partial charge in [-0.3, -0.25) is 14.3 Å². The van der Waals surface area contributed by atoms with Gasteiger partial charge in [-0.1, -0.05) is 0 Å². The lowest BCUT2D eigenvalue weighted by Crippen LogP contribution is -2.37. The van der Waals surface area contributed by atoms with Crippen molar-refractivity contribution < 1.29 is 13.6 Å². The number of hydrogen-bond donors (Lipinski definition) is 1. The summed E-state index contributed by atoms with van der Waals surface area (Å²) in [5.74, 6) is -1.39. The second-order valence-electron chi connectivity index (χ2n) is 8.86. The van der Waals surface area contributed by atoms with E-state index in [9.17, 15) is 18.4 Å². The minimum atomic E-state index is -0.904. The number of aromatic amines is 1. The second-order valence-corrected chi connectivity index (χ2v) is 8.86. The van der Waals surface area contributed by atoms with Gasteiger partial charge in [0.25, 0.3) is 5.91 Å². The molecule has 2 aliphatic heterocycles. The number of benzene rings is 1. The SMILES string of the molecule is O=C(c1ccnc(N2CCC(n3c(=O)[nH]c4ncccc43)CC2)c1)N1CCc2c1ccc(F)c2F. The number of carbonyl (C=O) groups is 1. The van der Waals surface area contributed by atoms with E-state index in [-0.39, 0.29) is 29.6 Å². The lowest BCUT2D eigenvalue weighted by atomic mass is 10.0. The van der Waals surface area contributed by atoms with E-state index in [2.05, 4.69) is 19.9 Å². The first-order valence-corrected chi connectivity index (χ1v) is 11.6. The van der Waals surface area contributed by atoms with Crippen LogP contribution in [0.2, 0.25) is 0 Å². The summed E-state index contributed by atoms with van der Waals surface area (Å²) in [6, 6.07) is 9.62. The summed E-state index contributed by atoms with van der Waals surface area (Å²) >= 11 is 0. The monoisotopic (exact) mass is 476 g/mol. The summed E-state index contributed by atoms with van der Waals surface area (Å²) < 4.78 is 29.5. The number of aromatic nitrogens is 4. The molecule has 0 spiro atoms. The maximum absolute atomic E-state index is 14.1. The molecular formula is C25H22F2N6O2. The number of amides is 1. The van der Waals surface area contributed by atoms with Crippen LogP contribution in [0.15, 0.2) is 53.6 Å². The molecule has 1 saturated heterocycles. The molecule has 0 unspecified atom stereocenters. The zero-order valence-electron chi connectivity index (χ0n) is 18.7. The van der Waals surface area contributed by atoms with Crippen LogP contribution < -0.4 is 15.5 Å². The summed E-state index contributed by atoms with van der Waals surface area (Å²) in [4.78, 5) is 40.8. The first-order chi connectivity index (χ1) is 17.0. The molecule has 3 aromatic heterocycles. The van der Waals surface area contributed by atoms with E-state index in [1.165, 1.54) is 11.0 Å². The Morgan fingerprint density at radius 3 is 2.69 bits per heavy atom. The third-order valence-corrected chi connectivity index (χ3v) is 6.93. The predicted molar refractivity (Wildman–Crippen MR) is 127 cm³/mol. The number of fused-ring (bicyclic) bond motifs is 2. The van der Waals surface area contributed by atoms with Crippen LogP contribution in [-0.4, -0.2) is 45.1 Å². The van der Waals surface area contributed by atoms with Gasteiger partial charge in [0.15, 0.2) is 17.3 Å². The van der Waals surface area contributed by atoms with Gasteiger partial charge in [0.2, 0.25) is 0 Å². The Balaban J connectivity index is 1.20. The van der Waals surface area contributed by atoms with E-state index >= 15 is 0 Å². The van der Waals surface area contributed by atoms with Gasteiger partial charge in [0.05, 0.1) is 11.2 Å². The molecule has 1 fully saturated rings. The zero-order valence-corrected chi connectivity index (χ0v) is 18.7. The van der Waals surface area contributed by atoms with Crippen molar-refractivity contribution in [1.82, 2.24) is 19.5 Å². The number of rotatable bonds is 3. The summed E-state index contributed by atoms with van der Waals surface area (Å²) in [6.45, 7) is 1.64. The Morgan fingerprint density at radius 1 is 1.03 bits per heavy atom. The van der Waals surface area contributed by atoms with Crippen LogP contribution in [0.4, 0.5) is 20.3 Å². The number of H-pyrrole nitrogens is 1. The van der Waals surface area contributed by atoms with Crippen molar-refractivity contribution in [2.24, 2.45) is 0 Å². The van der Waals surface area contributed by atoms with Crippen LogP contribution >= 0.6 is 0 Å². The summed E-state index contributed by atoms with van der Waals surface area (Å²) in [7, 11) is 0. The topological polar surface area (TPSA) is 87.1 Å². The molecule has 0 radical (unpaired) electrons. The molecular weight excluding hydrogens is 454 g/mol. The highest BCUT2D eigenvalue weighted by Crippen LogP contribution is 2.33. The van der Waals surface area contributed by atoms with Gasteiger partial charge >= 0.3 is 5.69 Å². The standard InChI is InChI=1S/C25H22F2N6O2/c26-18-3-4-19-17(22(18)27)8-13-32(19)24(34)15-5-10-28-21(14-15)31-11-6-16(7-12-31)33-20-2-1-9-29-23(20)30-25(33)35/h1-5,9-10,14,16H,6-8,11-13H2,(H,29,30,35). The molecule has 2 aliphatic rings. The number of halogens is 2. The molecule has 35 heavy (non-hydrogen) atoms. The molecule has 1 aromatic carbocycles. The van der Waals surface area contributed by atoms with Crippen LogP contribution in [0.1, 0.15) is 34.8 Å². The van der Waals surface area contributed by atoms with Crippen molar-refractivity contribution in [3.63, 3.8) is 0 Å². The molecule has 5 heterocycles. The van der Waals surface area contributed by atoms with E-state index in [4.69, 9.17) is 0 Å². The van der Waals surface area contributed by atoms with Crippen molar-refractivity contribution in [3.8, 4) is 0 Å². The van der Waals surface area contributed by atoms with Gasteiger partial charge in [-0.25, -0.2) is 23.5 Å². The van der Waals surface area contributed by atoms with E-state index in [0.29, 0.717) is 42.4 Å². The molecule has 4 aromatic rings. The minimum absolute atomic E-state index is 0.0397. The lowest BCUT2D eigenvalue weighted by molar-refractivity contribution is 0.0989. The van der Waals surface area contributed by atoms with Gasteiger partial charge < -0.3 is 9.80 Å². The molecule has 0 bridgehead atoms. The Hall–Kier alpha value is -4.08. The van der Waals surface area contributed by atoms with Gasteiger partial charge in [0.1, 0.15) is 5.82 Å². The number of hydrogen-bond acceptors (Lipinski definition) is 5.